The molecule has 0 aromatic heterocycles. The van der Waals surface area contributed by atoms with Crippen LogP contribution in [0.25, 0.3) is 0 Å². The van der Waals surface area contributed by atoms with E-state index in [-0.39, 0.29) is 29.3 Å². The van der Waals surface area contributed by atoms with E-state index in [9.17, 15) is 13.2 Å². The Labute approximate surface area is 225 Å². The molecule has 0 radical (unpaired) electrons. The zero-order valence-electron chi connectivity index (χ0n) is 22.0. The first kappa shape index (κ1) is 28.3. The maximum Gasteiger partial charge on any atom is 0.261 e. The molecule has 3 rings (SSSR count). The van der Waals surface area contributed by atoms with Crippen molar-refractivity contribution in [3.05, 3.63) is 82.9 Å². The fourth-order valence-corrected chi connectivity index (χ4v) is 5.18. The fraction of sp³-hybridized carbons (Fsp3) is 0.321. The minimum atomic E-state index is -3.83. The lowest BCUT2D eigenvalue weighted by atomic mass is 10.0. The van der Waals surface area contributed by atoms with Gasteiger partial charge in [0.1, 0.15) is 5.75 Å². The van der Waals surface area contributed by atoms with Gasteiger partial charge in [0.15, 0.2) is 0 Å². The van der Waals surface area contributed by atoms with Crippen LogP contribution in [-0.2, 0) is 16.6 Å². The minimum absolute atomic E-state index is 0.0987. The molecule has 0 fully saturated rings. The average Bonchev–Trinajstić information content (AvgIpc) is 2.86. The summed E-state index contributed by atoms with van der Waals surface area (Å²) < 4.78 is 33.9. The highest BCUT2D eigenvalue weighted by molar-refractivity contribution is 7.92. The lowest BCUT2D eigenvalue weighted by Crippen LogP contribution is -2.41. The molecule has 37 heavy (non-hydrogen) atoms. The Morgan fingerprint density at radius 2 is 1.65 bits per heavy atom. The van der Waals surface area contributed by atoms with Gasteiger partial charge in [-0.25, -0.2) is 8.42 Å². The standard InChI is InChI=1S/C28H34ClN3O4S/c1-19(2)20(3)32(28(33)25-9-7-8-10-26(25)29)18-21-17-22(11-16-27(21)31(4)5)30-37(34,35)24-14-12-23(36-6)13-15-24/h7-17,19-20,30H,18H2,1-6H3/t20-/m0/s1. The third kappa shape index (κ3) is 6.76. The molecule has 1 N–H and O–H groups in total. The van der Waals surface area contributed by atoms with E-state index in [0.29, 0.717) is 22.0 Å². The molecule has 1 atom stereocenters. The molecule has 0 aliphatic rings. The van der Waals surface area contributed by atoms with Crippen LogP contribution in [0.2, 0.25) is 5.02 Å². The predicted octanol–water partition coefficient (Wildman–Crippen LogP) is 5.90. The molecule has 0 bridgehead atoms. The number of benzene rings is 3. The number of anilines is 2. The quantitative estimate of drug-likeness (QED) is 0.344. The van der Waals surface area contributed by atoms with E-state index in [4.69, 9.17) is 16.3 Å². The summed E-state index contributed by atoms with van der Waals surface area (Å²) in [4.78, 5) is 17.5. The highest BCUT2D eigenvalue weighted by Gasteiger charge is 2.27. The van der Waals surface area contributed by atoms with Crippen molar-refractivity contribution in [2.75, 3.05) is 30.8 Å². The smallest absolute Gasteiger partial charge is 0.261 e. The molecule has 0 spiro atoms. The normalized spacial score (nSPS) is 12.2. The van der Waals surface area contributed by atoms with Crippen LogP contribution in [0.1, 0.15) is 36.7 Å². The number of nitrogens with zero attached hydrogens (tertiary/aromatic N) is 2. The second-order valence-corrected chi connectivity index (χ2v) is 11.5. The molecule has 0 saturated heterocycles. The number of nitrogens with one attached hydrogen (secondary N) is 1. The molecule has 0 unspecified atom stereocenters. The number of rotatable bonds is 10. The van der Waals surface area contributed by atoms with Crippen LogP contribution in [0, 0.1) is 5.92 Å². The van der Waals surface area contributed by atoms with E-state index in [1.807, 2.05) is 32.0 Å². The van der Waals surface area contributed by atoms with Crippen LogP contribution in [0.5, 0.6) is 5.75 Å². The third-order valence-electron chi connectivity index (χ3n) is 6.35. The van der Waals surface area contributed by atoms with E-state index in [1.165, 1.54) is 19.2 Å². The van der Waals surface area contributed by atoms with Crippen LogP contribution in [0.3, 0.4) is 0 Å². The van der Waals surface area contributed by atoms with Crippen molar-refractivity contribution < 1.29 is 17.9 Å². The minimum Gasteiger partial charge on any atom is -0.497 e. The SMILES string of the molecule is COc1ccc(S(=O)(=O)Nc2ccc(N(C)C)c(CN(C(=O)c3ccccc3Cl)[C@@H](C)C(C)C)c2)cc1. The fourth-order valence-electron chi connectivity index (χ4n) is 3.91. The molecule has 0 aliphatic heterocycles. The summed E-state index contributed by atoms with van der Waals surface area (Å²) in [5.74, 6) is 0.575. The average molecular weight is 544 g/mol. The number of hydrogen-bond acceptors (Lipinski definition) is 5. The van der Waals surface area contributed by atoms with Crippen LogP contribution in [0.15, 0.2) is 71.6 Å². The first-order valence-corrected chi connectivity index (χ1v) is 13.8. The Balaban J connectivity index is 1.99. The van der Waals surface area contributed by atoms with Gasteiger partial charge < -0.3 is 14.5 Å². The van der Waals surface area contributed by atoms with Crippen molar-refractivity contribution in [1.82, 2.24) is 4.90 Å². The van der Waals surface area contributed by atoms with Crippen molar-refractivity contribution in [2.24, 2.45) is 5.92 Å². The summed E-state index contributed by atoms with van der Waals surface area (Å²) in [5, 5.41) is 0.391. The maximum atomic E-state index is 13.7. The summed E-state index contributed by atoms with van der Waals surface area (Å²) in [6.45, 7) is 6.40. The first-order valence-electron chi connectivity index (χ1n) is 12.0. The lowest BCUT2D eigenvalue weighted by molar-refractivity contribution is 0.0628. The van der Waals surface area contributed by atoms with E-state index in [0.717, 1.165) is 11.3 Å². The van der Waals surface area contributed by atoms with Crippen molar-refractivity contribution in [3.63, 3.8) is 0 Å². The highest BCUT2D eigenvalue weighted by atomic mass is 35.5. The molecule has 3 aromatic carbocycles. The molecule has 198 valence electrons. The van der Waals surface area contributed by atoms with Gasteiger partial charge in [0.2, 0.25) is 0 Å². The number of hydrogen-bond donors (Lipinski definition) is 1. The first-order chi connectivity index (χ1) is 17.4. The third-order valence-corrected chi connectivity index (χ3v) is 8.07. The number of halogens is 1. The van der Waals surface area contributed by atoms with E-state index < -0.39 is 10.0 Å². The van der Waals surface area contributed by atoms with Crippen LogP contribution >= 0.6 is 11.6 Å². The second kappa shape index (κ2) is 11.9. The Kier molecular flexibility index (Phi) is 9.10. The van der Waals surface area contributed by atoms with Gasteiger partial charge in [-0.2, -0.15) is 0 Å². The number of carbonyl (C=O) groups is 1. The summed E-state index contributed by atoms with van der Waals surface area (Å²) in [7, 11) is 1.51. The van der Waals surface area contributed by atoms with Gasteiger partial charge in [0, 0.05) is 38.1 Å². The highest BCUT2D eigenvalue weighted by Crippen LogP contribution is 2.29. The topological polar surface area (TPSA) is 79.0 Å². The number of sulfonamides is 1. The maximum absolute atomic E-state index is 13.7. The van der Waals surface area contributed by atoms with Gasteiger partial charge in [0.05, 0.1) is 22.6 Å². The zero-order chi connectivity index (χ0) is 27.3. The number of ether oxygens (including phenoxy) is 1. The number of carbonyl (C=O) groups excluding carboxylic acids is 1. The van der Waals surface area contributed by atoms with Crippen LogP contribution in [0.4, 0.5) is 11.4 Å². The number of amides is 1. The van der Waals surface area contributed by atoms with Crippen molar-refractivity contribution in [3.8, 4) is 5.75 Å². The van der Waals surface area contributed by atoms with Crippen molar-refractivity contribution in [1.29, 1.82) is 0 Å². The molecule has 0 aliphatic carbocycles. The molecule has 3 aromatic rings. The van der Waals surface area contributed by atoms with Gasteiger partial charge in [0.25, 0.3) is 15.9 Å². The Morgan fingerprint density at radius 3 is 2.22 bits per heavy atom. The Hall–Kier alpha value is -3.23. The van der Waals surface area contributed by atoms with Gasteiger partial charge in [-0.15, -0.1) is 0 Å². The summed E-state index contributed by atoms with van der Waals surface area (Å²) in [5.41, 5.74) is 2.51. The molecular formula is C28H34ClN3O4S. The largest absolute Gasteiger partial charge is 0.497 e. The summed E-state index contributed by atoms with van der Waals surface area (Å²) >= 11 is 6.37. The Bertz CT molecular complexity index is 1340. The Morgan fingerprint density at radius 1 is 1.00 bits per heavy atom. The summed E-state index contributed by atoms with van der Waals surface area (Å²) in [6.07, 6.45) is 0. The molecular weight excluding hydrogens is 510 g/mol. The number of methoxy groups -OCH3 is 1. The molecule has 9 heteroatoms. The van der Waals surface area contributed by atoms with Crippen LogP contribution in [-0.4, -0.2) is 46.5 Å². The van der Waals surface area contributed by atoms with Gasteiger partial charge >= 0.3 is 0 Å². The van der Waals surface area contributed by atoms with Gasteiger partial charge in [-0.1, -0.05) is 37.6 Å². The predicted molar refractivity (Wildman–Crippen MR) is 150 cm³/mol. The van der Waals surface area contributed by atoms with Crippen molar-refractivity contribution in [2.45, 2.75) is 38.3 Å². The zero-order valence-corrected chi connectivity index (χ0v) is 23.6. The van der Waals surface area contributed by atoms with E-state index >= 15 is 0 Å². The van der Waals surface area contributed by atoms with Gasteiger partial charge in [-0.3, -0.25) is 9.52 Å². The van der Waals surface area contributed by atoms with E-state index in [2.05, 4.69) is 18.6 Å². The molecule has 0 saturated carbocycles. The molecule has 1 amide bonds. The lowest BCUT2D eigenvalue weighted by Gasteiger charge is -2.33. The monoisotopic (exact) mass is 543 g/mol. The summed E-state index contributed by atoms with van der Waals surface area (Å²) in [6, 6.07) is 18.4. The van der Waals surface area contributed by atoms with E-state index in [1.54, 1.807) is 53.4 Å². The van der Waals surface area contributed by atoms with Gasteiger partial charge in [-0.05, 0) is 73.0 Å². The van der Waals surface area contributed by atoms with Crippen molar-refractivity contribution >= 4 is 38.9 Å². The van der Waals surface area contributed by atoms with Crippen LogP contribution < -0.4 is 14.4 Å². The second-order valence-electron chi connectivity index (χ2n) is 9.42. The molecule has 0 heterocycles. The molecule has 7 nitrogen and oxygen atoms in total.